The van der Waals surface area contributed by atoms with Gasteiger partial charge >= 0.3 is 0 Å². The van der Waals surface area contributed by atoms with Crippen LogP contribution in [0.4, 0.5) is 5.69 Å². The Morgan fingerprint density at radius 2 is 1.73 bits per heavy atom. The van der Waals surface area contributed by atoms with Crippen LogP contribution in [0.15, 0.2) is 30.3 Å². The molecule has 1 N–H and O–H groups in total. The van der Waals surface area contributed by atoms with Gasteiger partial charge in [-0.15, -0.1) is 12.4 Å². The van der Waals surface area contributed by atoms with E-state index < -0.39 is 0 Å². The van der Waals surface area contributed by atoms with E-state index in [1.165, 1.54) is 0 Å². The van der Waals surface area contributed by atoms with Crippen molar-refractivity contribution < 1.29 is 9.59 Å². The van der Waals surface area contributed by atoms with E-state index in [-0.39, 0.29) is 36.2 Å². The lowest BCUT2D eigenvalue weighted by Crippen LogP contribution is -2.54. The van der Waals surface area contributed by atoms with Crippen molar-refractivity contribution in [2.24, 2.45) is 5.92 Å². The Balaban J connectivity index is 0.00000196. The second kappa shape index (κ2) is 8.37. The van der Waals surface area contributed by atoms with Gasteiger partial charge in [-0.2, -0.15) is 0 Å². The number of amides is 2. The molecule has 2 amide bonds. The minimum atomic E-state index is -0.0365. The van der Waals surface area contributed by atoms with E-state index in [0.29, 0.717) is 0 Å². The summed E-state index contributed by atoms with van der Waals surface area (Å²) in [6.45, 7) is 5.61. The predicted octanol–water partition coefficient (Wildman–Crippen LogP) is 0.967. The van der Waals surface area contributed by atoms with Crippen LogP contribution >= 0.6 is 12.4 Å². The minimum Gasteiger partial charge on any atom is -0.340 e. The van der Waals surface area contributed by atoms with E-state index in [9.17, 15) is 9.59 Å². The summed E-state index contributed by atoms with van der Waals surface area (Å²) in [5.74, 6) is 0.632. The number of anilines is 1. The van der Waals surface area contributed by atoms with Gasteiger partial charge < -0.3 is 15.1 Å². The Labute approximate surface area is 160 Å². The SMILES string of the molecule is Cl.O=C(C1CCNC1)N1CCN(C2CCN(c3ccccc3)C2=O)CC1. The number of para-hydroxylation sites is 1. The van der Waals surface area contributed by atoms with Gasteiger partial charge in [-0.3, -0.25) is 14.5 Å². The number of hydrogen-bond acceptors (Lipinski definition) is 4. The van der Waals surface area contributed by atoms with Crippen LogP contribution < -0.4 is 10.2 Å². The number of carbonyl (C=O) groups is 2. The highest BCUT2D eigenvalue weighted by atomic mass is 35.5. The van der Waals surface area contributed by atoms with E-state index in [4.69, 9.17) is 0 Å². The average Bonchev–Trinajstić information content (AvgIpc) is 3.32. The molecule has 2 atom stereocenters. The van der Waals surface area contributed by atoms with E-state index >= 15 is 0 Å². The second-order valence-corrected chi connectivity index (χ2v) is 7.18. The number of nitrogens with one attached hydrogen (secondary N) is 1. The molecule has 3 saturated heterocycles. The first-order valence-corrected chi connectivity index (χ1v) is 9.34. The number of benzene rings is 1. The quantitative estimate of drug-likeness (QED) is 0.851. The van der Waals surface area contributed by atoms with Gasteiger partial charge in [0, 0.05) is 45.0 Å². The minimum absolute atomic E-state index is 0. The van der Waals surface area contributed by atoms with E-state index in [1.807, 2.05) is 40.1 Å². The van der Waals surface area contributed by atoms with Gasteiger partial charge in [0.15, 0.2) is 0 Å². The van der Waals surface area contributed by atoms with Gasteiger partial charge in [0.1, 0.15) is 0 Å². The smallest absolute Gasteiger partial charge is 0.244 e. The van der Waals surface area contributed by atoms with Crippen molar-refractivity contribution in [3.63, 3.8) is 0 Å². The zero-order valence-electron chi connectivity index (χ0n) is 15.0. The highest BCUT2D eigenvalue weighted by molar-refractivity contribution is 5.99. The molecule has 0 spiro atoms. The molecular weight excluding hydrogens is 352 g/mol. The fraction of sp³-hybridized carbons (Fsp3) is 0.579. The number of carbonyl (C=O) groups excluding carboxylic acids is 2. The first-order valence-electron chi connectivity index (χ1n) is 9.34. The standard InChI is InChI=1S/C19H26N4O2.ClH/c24-18(15-6-8-20-14-15)22-12-10-21(11-13-22)17-7-9-23(19(17)25)16-4-2-1-3-5-16;/h1-5,15,17,20H,6-14H2;1H. The highest BCUT2D eigenvalue weighted by Gasteiger charge is 2.38. The van der Waals surface area contributed by atoms with Crippen LogP contribution in [0.3, 0.4) is 0 Å². The predicted molar refractivity (Wildman–Crippen MR) is 104 cm³/mol. The summed E-state index contributed by atoms with van der Waals surface area (Å²) in [6.07, 6.45) is 1.82. The Morgan fingerprint density at radius 1 is 1.00 bits per heavy atom. The Kier molecular flexibility index (Phi) is 6.16. The maximum absolute atomic E-state index is 12.8. The third kappa shape index (κ3) is 3.72. The second-order valence-electron chi connectivity index (χ2n) is 7.18. The summed E-state index contributed by atoms with van der Waals surface area (Å²) in [6, 6.07) is 9.86. The molecule has 1 aromatic carbocycles. The van der Waals surface area contributed by atoms with Crippen molar-refractivity contribution in [3.05, 3.63) is 30.3 Å². The number of piperazine rings is 1. The molecule has 0 saturated carbocycles. The molecule has 0 aromatic heterocycles. The molecule has 142 valence electrons. The largest absolute Gasteiger partial charge is 0.340 e. The molecule has 3 heterocycles. The van der Waals surface area contributed by atoms with Crippen molar-refractivity contribution in [2.45, 2.75) is 18.9 Å². The third-order valence-electron chi connectivity index (χ3n) is 5.72. The highest BCUT2D eigenvalue weighted by Crippen LogP contribution is 2.25. The van der Waals surface area contributed by atoms with Crippen molar-refractivity contribution in [1.29, 1.82) is 0 Å². The number of nitrogens with zero attached hydrogens (tertiary/aromatic N) is 3. The van der Waals surface area contributed by atoms with Crippen molar-refractivity contribution >= 4 is 29.9 Å². The average molecular weight is 379 g/mol. The summed E-state index contributed by atoms with van der Waals surface area (Å²) in [5.41, 5.74) is 0.984. The first kappa shape index (κ1) is 19.1. The van der Waals surface area contributed by atoms with Crippen LogP contribution in [0.5, 0.6) is 0 Å². The summed E-state index contributed by atoms with van der Waals surface area (Å²) < 4.78 is 0. The molecular formula is C19H27ClN4O2. The van der Waals surface area contributed by atoms with Crippen LogP contribution in [0.25, 0.3) is 0 Å². The number of hydrogen-bond donors (Lipinski definition) is 1. The molecule has 3 aliphatic rings. The lowest BCUT2D eigenvalue weighted by atomic mass is 10.1. The van der Waals surface area contributed by atoms with Crippen LogP contribution in [-0.2, 0) is 9.59 Å². The van der Waals surface area contributed by atoms with E-state index in [2.05, 4.69) is 10.2 Å². The zero-order valence-corrected chi connectivity index (χ0v) is 15.8. The lowest BCUT2D eigenvalue weighted by molar-refractivity contribution is -0.137. The molecule has 6 nitrogen and oxygen atoms in total. The fourth-order valence-corrected chi connectivity index (χ4v) is 4.25. The number of halogens is 1. The molecule has 0 aliphatic carbocycles. The van der Waals surface area contributed by atoms with E-state index in [1.54, 1.807) is 0 Å². The number of rotatable bonds is 3. The molecule has 2 unspecified atom stereocenters. The zero-order chi connectivity index (χ0) is 17.2. The van der Waals surface area contributed by atoms with Gasteiger partial charge in [0.05, 0.1) is 12.0 Å². The Bertz CT molecular complexity index is 628. The van der Waals surface area contributed by atoms with Gasteiger partial charge in [-0.25, -0.2) is 0 Å². The summed E-state index contributed by atoms with van der Waals surface area (Å²) >= 11 is 0. The molecule has 1 aromatic rings. The lowest BCUT2D eigenvalue weighted by Gasteiger charge is -2.38. The van der Waals surface area contributed by atoms with E-state index in [0.717, 1.165) is 64.3 Å². The van der Waals surface area contributed by atoms with Crippen LogP contribution in [0.2, 0.25) is 0 Å². The van der Waals surface area contributed by atoms with Crippen molar-refractivity contribution in [1.82, 2.24) is 15.1 Å². The van der Waals surface area contributed by atoms with Gasteiger partial charge in [-0.1, -0.05) is 18.2 Å². The molecule has 3 aliphatic heterocycles. The van der Waals surface area contributed by atoms with Crippen molar-refractivity contribution in [2.75, 3.05) is 50.7 Å². The maximum Gasteiger partial charge on any atom is 0.244 e. The van der Waals surface area contributed by atoms with Gasteiger partial charge in [0.2, 0.25) is 11.8 Å². The van der Waals surface area contributed by atoms with Crippen LogP contribution in [0, 0.1) is 5.92 Å². The fourth-order valence-electron chi connectivity index (χ4n) is 4.25. The molecule has 4 rings (SSSR count). The summed E-state index contributed by atoms with van der Waals surface area (Å²) in [7, 11) is 0. The topological polar surface area (TPSA) is 55.9 Å². The van der Waals surface area contributed by atoms with Gasteiger partial charge in [-0.05, 0) is 31.5 Å². The van der Waals surface area contributed by atoms with Crippen molar-refractivity contribution in [3.8, 4) is 0 Å². The molecule has 7 heteroatoms. The Hall–Kier alpha value is -1.63. The normalized spacial score (nSPS) is 26.8. The summed E-state index contributed by atoms with van der Waals surface area (Å²) in [4.78, 5) is 31.5. The summed E-state index contributed by atoms with van der Waals surface area (Å²) in [5, 5.41) is 3.26. The maximum atomic E-state index is 12.8. The van der Waals surface area contributed by atoms with Gasteiger partial charge in [0.25, 0.3) is 0 Å². The Morgan fingerprint density at radius 3 is 2.38 bits per heavy atom. The monoisotopic (exact) mass is 378 g/mol. The molecule has 3 fully saturated rings. The molecule has 0 bridgehead atoms. The third-order valence-corrected chi connectivity index (χ3v) is 5.72. The first-order chi connectivity index (χ1) is 12.2. The van der Waals surface area contributed by atoms with Crippen LogP contribution in [-0.4, -0.2) is 73.5 Å². The van der Waals surface area contributed by atoms with Crippen LogP contribution in [0.1, 0.15) is 12.8 Å². The molecule has 26 heavy (non-hydrogen) atoms. The molecule has 0 radical (unpaired) electrons.